The molecule has 0 aliphatic heterocycles. The molecule has 0 spiro atoms. The molecule has 2 aromatic carbocycles. The van der Waals surface area contributed by atoms with E-state index in [-0.39, 0.29) is 24.4 Å². The molecule has 2 aromatic rings. The maximum atomic E-state index is 12.5. The number of carbonyl (C=O) groups excluding carboxylic acids is 2. The van der Waals surface area contributed by atoms with Crippen molar-refractivity contribution in [3.63, 3.8) is 0 Å². The minimum Gasteiger partial charge on any atom is -0.376 e. The Bertz CT molecular complexity index is 821. The number of carbonyl (C=O) groups is 2. The van der Waals surface area contributed by atoms with Gasteiger partial charge in [0, 0.05) is 23.0 Å². The quantitative estimate of drug-likeness (QED) is 0.696. The van der Waals surface area contributed by atoms with E-state index in [1.807, 2.05) is 38.1 Å². The van der Waals surface area contributed by atoms with Crippen LogP contribution in [0.1, 0.15) is 53.6 Å². The molecule has 5 heteroatoms. The molecule has 3 rings (SSSR count). The highest BCUT2D eigenvalue weighted by Crippen LogP contribution is 2.18. The first-order chi connectivity index (χ1) is 13.5. The average Bonchev–Trinajstić information content (AvgIpc) is 2.66. The van der Waals surface area contributed by atoms with Gasteiger partial charge < -0.3 is 16.0 Å². The first kappa shape index (κ1) is 19.9. The van der Waals surface area contributed by atoms with Crippen LogP contribution >= 0.6 is 0 Å². The number of anilines is 2. The van der Waals surface area contributed by atoms with Gasteiger partial charge in [-0.3, -0.25) is 9.59 Å². The molecule has 1 saturated carbocycles. The molecule has 28 heavy (non-hydrogen) atoms. The predicted molar refractivity (Wildman–Crippen MR) is 114 cm³/mol. The van der Waals surface area contributed by atoms with Gasteiger partial charge in [-0.1, -0.05) is 31.4 Å². The minimum atomic E-state index is -0.123. The Balaban J connectivity index is 1.53. The number of nitrogens with one attached hydrogen (secondary N) is 3. The molecule has 0 radical (unpaired) electrons. The summed E-state index contributed by atoms with van der Waals surface area (Å²) in [5.41, 5.74) is 4.39. The van der Waals surface area contributed by atoms with Crippen molar-refractivity contribution in [2.45, 2.75) is 52.0 Å². The molecule has 2 amide bonds. The van der Waals surface area contributed by atoms with Crippen molar-refractivity contribution in [1.82, 2.24) is 5.32 Å². The Labute approximate surface area is 166 Å². The third kappa shape index (κ3) is 5.84. The van der Waals surface area contributed by atoms with Gasteiger partial charge in [0.2, 0.25) is 5.91 Å². The summed E-state index contributed by atoms with van der Waals surface area (Å²) in [5.74, 6) is -0.169. The SMILES string of the molecule is Cc1cc(C)cc(NC(=O)CNc2cccc(C(=O)NC3CCCCC3)c2)c1. The molecular weight excluding hydrogens is 350 g/mol. The Morgan fingerprint density at radius 1 is 0.929 bits per heavy atom. The van der Waals surface area contributed by atoms with Crippen molar-refractivity contribution in [3.05, 3.63) is 59.2 Å². The van der Waals surface area contributed by atoms with E-state index in [4.69, 9.17) is 0 Å². The van der Waals surface area contributed by atoms with E-state index >= 15 is 0 Å². The number of hydrogen-bond donors (Lipinski definition) is 3. The van der Waals surface area contributed by atoms with Gasteiger partial charge in [-0.15, -0.1) is 0 Å². The Hall–Kier alpha value is -2.82. The first-order valence-electron chi connectivity index (χ1n) is 10.0. The van der Waals surface area contributed by atoms with E-state index in [1.165, 1.54) is 19.3 Å². The molecule has 0 aromatic heterocycles. The summed E-state index contributed by atoms with van der Waals surface area (Å²) in [5, 5.41) is 9.13. The van der Waals surface area contributed by atoms with E-state index in [0.717, 1.165) is 35.3 Å². The lowest BCUT2D eigenvalue weighted by Crippen LogP contribution is -2.36. The lowest BCUT2D eigenvalue weighted by atomic mass is 9.95. The van der Waals surface area contributed by atoms with Crippen LogP contribution in [-0.4, -0.2) is 24.4 Å². The van der Waals surface area contributed by atoms with Crippen LogP contribution in [0.3, 0.4) is 0 Å². The Morgan fingerprint density at radius 2 is 1.64 bits per heavy atom. The molecule has 0 saturated heterocycles. The minimum absolute atomic E-state index is 0.0461. The Kier molecular flexibility index (Phi) is 6.69. The fourth-order valence-corrected chi connectivity index (χ4v) is 3.72. The van der Waals surface area contributed by atoms with E-state index in [2.05, 4.69) is 22.0 Å². The van der Waals surface area contributed by atoms with Gasteiger partial charge in [-0.05, 0) is 68.1 Å². The van der Waals surface area contributed by atoms with Crippen LogP contribution in [-0.2, 0) is 4.79 Å². The van der Waals surface area contributed by atoms with Crippen LogP contribution in [0, 0.1) is 13.8 Å². The first-order valence-corrected chi connectivity index (χ1v) is 10.0. The van der Waals surface area contributed by atoms with Crippen LogP contribution in [0.15, 0.2) is 42.5 Å². The highest BCUT2D eigenvalue weighted by Gasteiger charge is 2.16. The van der Waals surface area contributed by atoms with E-state index in [0.29, 0.717) is 5.56 Å². The molecule has 3 N–H and O–H groups in total. The lowest BCUT2D eigenvalue weighted by Gasteiger charge is -2.22. The predicted octanol–water partition coefficient (Wildman–Crippen LogP) is 4.42. The van der Waals surface area contributed by atoms with Crippen LogP contribution in [0.4, 0.5) is 11.4 Å². The van der Waals surface area contributed by atoms with Crippen LogP contribution in [0.2, 0.25) is 0 Å². The van der Waals surface area contributed by atoms with E-state index in [9.17, 15) is 9.59 Å². The topological polar surface area (TPSA) is 70.2 Å². The number of hydrogen-bond acceptors (Lipinski definition) is 3. The van der Waals surface area contributed by atoms with Crippen molar-refractivity contribution >= 4 is 23.2 Å². The van der Waals surface area contributed by atoms with Crippen molar-refractivity contribution in [2.24, 2.45) is 0 Å². The average molecular weight is 380 g/mol. The molecule has 1 aliphatic carbocycles. The third-order valence-corrected chi connectivity index (χ3v) is 5.02. The van der Waals surface area contributed by atoms with E-state index in [1.54, 1.807) is 12.1 Å². The van der Waals surface area contributed by atoms with Crippen LogP contribution in [0.5, 0.6) is 0 Å². The van der Waals surface area contributed by atoms with Crippen molar-refractivity contribution in [2.75, 3.05) is 17.2 Å². The monoisotopic (exact) mass is 379 g/mol. The Morgan fingerprint density at radius 3 is 2.36 bits per heavy atom. The van der Waals surface area contributed by atoms with Gasteiger partial charge >= 0.3 is 0 Å². The highest BCUT2D eigenvalue weighted by atomic mass is 16.2. The lowest BCUT2D eigenvalue weighted by molar-refractivity contribution is -0.114. The van der Waals surface area contributed by atoms with Crippen molar-refractivity contribution in [1.29, 1.82) is 0 Å². The zero-order valence-electron chi connectivity index (χ0n) is 16.7. The number of rotatable bonds is 6. The number of benzene rings is 2. The molecule has 0 unspecified atom stereocenters. The zero-order chi connectivity index (χ0) is 19.9. The van der Waals surface area contributed by atoms with Crippen LogP contribution < -0.4 is 16.0 Å². The molecule has 0 heterocycles. The summed E-state index contributed by atoms with van der Waals surface area (Å²) in [6, 6.07) is 13.5. The summed E-state index contributed by atoms with van der Waals surface area (Å²) in [7, 11) is 0. The number of amides is 2. The molecular formula is C23H29N3O2. The summed E-state index contributed by atoms with van der Waals surface area (Å²) < 4.78 is 0. The largest absolute Gasteiger partial charge is 0.376 e. The summed E-state index contributed by atoms with van der Waals surface area (Å²) in [6.45, 7) is 4.15. The smallest absolute Gasteiger partial charge is 0.251 e. The van der Waals surface area contributed by atoms with Gasteiger partial charge in [-0.25, -0.2) is 0 Å². The van der Waals surface area contributed by atoms with Gasteiger partial charge in [0.15, 0.2) is 0 Å². The normalized spacial score (nSPS) is 14.4. The second-order valence-corrected chi connectivity index (χ2v) is 7.67. The van der Waals surface area contributed by atoms with Gasteiger partial charge in [0.05, 0.1) is 6.54 Å². The van der Waals surface area contributed by atoms with Gasteiger partial charge in [0.25, 0.3) is 5.91 Å². The van der Waals surface area contributed by atoms with Gasteiger partial charge in [0.1, 0.15) is 0 Å². The maximum Gasteiger partial charge on any atom is 0.251 e. The fourth-order valence-electron chi connectivity index (χ4n) is 3.72. The summed E-state index contributed by atoms with van der Waals surface area (Å²) >= 11 is 0. The summed E-state index contributed by atoms with van der Waals surface area (Å²) in [6.07, 6.45) is 5.74. The maximum absolute atomic E-state index is 12.5. The summed E-state index contributed by atoms with van der Waals surface area (Å²) in [4.78, 5) is 24.7. The standard InChI is InChI=1S/C23H29N3O2/c1-16-11-17(2)13-21(12-16)25-22(27)15-24-20-10-6-7-18(14-20)23(28)26-19-8-4-3-5-9-19/h6-7,10-14,19,24H,3-5,8-9,15H2,1-2H3,(H,25,27)(H,26,28). The molecule has 148 valence electrons. The molecule has 5 nitrogen and oxygen atoms in total. The van der Waals surface area contributed by atoms with E-state index < -0.39 is 0 Å². The van der Waals surface area contributed by atoms with Crippen LogP contribution in [0.25, 0.3) is 0 Å². The second-order valence-electron chi connectivity index (χ2n) is 7.67. The molecule has 0 bridgehead atoms. The van der Waals surface area contributed by atoms with Crippen molar-refractivity contribution in [3.8, 4) is 0 Å². The molecule has 1 fully saturated rings. The zero-order valence-corrected chi connectivity index (χ0v) is 16.7. The third-order valence-electron chi connectivity index (χ3n) is 5.02. The second kappa shape index (κ2) is 9.40. The fraction of sp³-hybridized carbons (Fsp3) is 0.391. The van der Waals surface area contributed by atoms with Crippen molar-refractivity contribution < 1.29 is 9.59 Å². The molecule has 1 aliphatic rings. The molecule has 0 atom stereocenters. The number of aryl methyl sites for hydroxylation is 2. The van der Waals surface area contributed by atoms with Gasteiger partial charge in [-0.2, -0.15) is 0 Å². The highest BCUT2D eigenvalue weighted by molar-refractivity contribution is 5.96.